The van der Waals surface area contributed by atoms with Gasteiger partial charge in [-0.1, -0.05) is 47.6 Å². The number of benzene rings is 2. The lowest BCUT2D eigenvalue weighted by Gasteiger charge is -2.16. The number of rotatable bonds is 6. The third-order valence-corrected chi connectivity index (χ3v) is 7.94. The molecular formula is C18H17Cl2NO3S2. The zero-order valence-corrected chi connectivity index (χ0v) is 17.0. The fourth-order valence-corrected chi connectivity index (χ4v) is 6.68. The Morgan fingerprint density at radius 3 is 2.38 bits per heavy atom. The lowest BCUT2D eigenvalue weighted by atomic mass is 10.00. The van der Waals surface area contributed by atoms with Crippen molar-refractivity contribution in [2.24, 2.45) is 11.1 Å². The fourth-order valence-electron chi connectivity index (χ4n) is 3.58. The Balaban J connectivity index is 2.13. The zero-order valence-electron chi connectivity index (χ0n) is 13.9. The smallest absolute Gasteiger partial charge is 0.182 e. The second-order valence-corrected chi connectivity index (χ2v) is 9.67. The number of methoxy groups -OCH3 is 1. The van der Waals surface area contributed by atoms with Crippen LogP contribution in [0.1, 0.15) is 11.5 Å². The summed E-state index contributed by atoms with van der Waals surface area (Å²) in [4.78, 5) is 0.292. The predicted molar refractivity (Wildman–Crippen MR) is 108 cm³/mol. The first-order valence-electron chi connectivity index (χ1n) is 7.79. The summed E-state index contributed by atoms with van der Waals surface area (Å²) in [5.74, 6) is -0.431. The normalized spacial score (nSPS) is 25.0. The molecular weight excluding hydrogens is 413 g/mol. The molecule has 1 fully saturated rings. The molecule has 0 radical (unpaired) electrons. The summed E-state index contributed by atoms with van der Waals surface area (Å²) in [6.07, 6.45) is 0. The van der Waals surface area contributed by atoms with Crippen molar-refractivity contribution in [2.75, 3.05) is 13.7 Å². The number of halogens is 2. The second-order valence-electron chi connectivity index (χ2n) is 6.29. The van der Waals surface area contributed by atoms with E-state index in [1.165, 1.54) is 19.2 Å². The van der Waals surface area contributed by atoms with Crippen molar-refractivity contribution in [3.05, 3.63) is 64.1 Å². The predicted octanol–water partition coefficient (Wildman–Crippen LogP) is 3.85. The Bertz CT molecular complexity index is 947. The van der Waals surface area contributed by atoms with Crippen LogP contribution < -0.4 is 5.73 Å². The lowest BCUT2D eigenvalue weighted by Crippen LogP contribution is -2.33. The molecule has 26 heavy (non-hydrogen) atoms. The van der Waals surface area contributed by atoms with Crippen LogP contribution in [0.2, 0.25) is 10.0 Å². The van der Waals surface area contributed by atoms with E-state index in [4.69, 9.17) is 45.9 Å². The van der Waals surface area contributed by atoms with Crippen LogP contribution in [0.4, 0.5) is 0 Å². The SMILES string of the molecule is COC[C@@]1(C(N)=S)[C@H](c2cccc(Cl)c2)[C@@H]1S(=O)(=O)c1ccc(Cl)cc1. The second kappa shape index (κ2) is 7.09. The van der Waals surface area contributed by atoms with Crippen molar-refractivity contribution >= 4 is 50.2 Å². The minimum absolute atomic E-state index is 0.108. The molecule has 1 saturated carbocycles. The zero-order chi connectivity index (χ0) is 19.1. The van der Waals surface area contributed by atoms with E-state index in [2.05, 4.69) is 0 Å². The van der Waals surface area contributed by atoms with Crippen LogP contribution in [0.3, 0.4) is 0 Å². The molecule has 0 bridgehead atoms. The van der Waals surface area contributed by atoms with Crippen molar-refractivity contribution in [2.45, 2.75) is 16.1 Å². The quantitative estimate of drug-likeness (QED) is 0.705. The van der Waals surface area contributed by atoms with Crippen LogP contribution in [0, 0.1) is 5.41 Å². The van der Waals surface area contributed by atoms with Crippen LogP contribution >= 0.6 is 35.4 Å². The average Bonchev–Trinajstić information content (AvgIpc) is 3.27. The molecule has 0 aromatic heterocycles. The summed E-state index contributed by atoms with van der Waals surface area (Å²) >= 11 is 17.3. The highest BCUT2D eigenvalue weighted by molar-refractivity contribution is 7.92. The van der Waals surface area contributed by atoms with Gasteiger partial charge in [0.15, 0.2) is 9.84 Å². The summed E-state index contributed by atoms with van der Waals surface area (Å²) in [5.41, 5.74) is 5.80. The molecule has 0 unspecified atom stereocenters. The number of sulfone groups is 1. The maximum atomic E-state index is 13.3. The van der Waals surface area contributed by atoms with Gasteiger partial charge in [-0.2, -0.15) is 0 Å². The Labute approximate surface area is 168 Å². The first kappa shape index (κ1) is 19.6. The molecule has 0 heterocycles. The van der Waals surface area contributed by atoms with E-state index in [1.807, 2.05) is 6.07 Å². The van der Waals surface area contributed by atoms with E-state index in [1.54, 1.807) is 30.3 Å². The summed E-state index contributed by atoms with van der Waals surface area (Å²) in [7, 11) is -2.22. The van der Waals surface area contributed by atoms with E-state index >= 15 is 0 Å². The van der Waals surface area contributed by atoms with Gasteiger partial charge in [-0.25, -0.2) is 8.42 Å². The first-order chi connectivity index (χ1) is 12.2. The molecule has 2 aromatic carbocycles. The van der Waals surface area contributed by atoms with Crippen molar-refractivity contribution in [3.8, 4) is 0 Å². The molecule has 0 saturated heterocycles. The topological polar surface area (TPSA) is 69.4 Å². The third kappa shape index (κ3) is 3.14. The molecule has 3 atom stereocenters. The van der Waals surface area contributed by atoms with Gasteiger partial charge in [0.1, 0.15) is 0 Å². The largest absolute Gasteiger partial charge is 0.393 e. The number of ether oxygens (including phenoxy) is 1. The highest BCUT2D eigenvalue weighted by Gasteiger charge is 2.73. The summed E-state index contributed by atoms with van der Waals surface area (Å²) in [6, 6.07) is 13.1. The van der Waals surface area contributed by atoms with Crippen LogP contribution in [0.5, 0.6) is 0 Å². The molecule has 0 amide bonds. The molecule has 0 aliphatic heterocycles. The molecule has 3 rings (SSSR count). The maximum Gasteiger partial charge on any atom is 0.182 e. The van der Waals surface area contributed by atoms with Crippen LogP contribution in [-0.4, -0.2) is 32.4 Å². The molecule has 2 N–H and O–H groups in total. The molecule has 138 valence electrons. The monoisotopic (exact) mass is 429 g/mol. The molecule has 4 nitrogen and oxygen atoms in total. The van der Waals surface area contributed by atoms with Gasteiger partial charge in [-0.05, 0) is 42.0 Å². The van der Waals surface area contributed by atoms with Crippen LogP contribution in [0.25, 0.3) is 0 Å². The van der Waals surface area contributed by atoms with Crippen molar-refractivity contribution in [1.82, 2.24) is 0 Å². The summed E-state index contributed by atoms with van der Waals surface area (Å²) in [5, 5.41) is 0.155. The van der Waals surface area contributed by atoms with Gasteiger partial charge in [-0.3, -0.25) is 0 Å². The minimum Gasteiger partial charge on any atom is -0.393 e. The maximum absolute atomic E-state index is 13.3. The third-order valence-electron chi connectivity index (χ3n) is 4.78. The minimum atomic E-state index is -3.72. The summed E-state index contributed by atoms with van der Waals surface area (Å²) < 4.78 is 32.0. The van der Waals surface area contributed by atoms with Crippen LogP contribution in [-0.2, 0) is 14.6 Å². The van der Waals surface area contributed by atoms with E-state index in [9.17, 15) is 8.42 Å². The van der Waals surface area contributed by atoms with E-state index in [0.717, 1.165) is 5.56 Å². The fraction of sp³-hybridized carbons (Fsp3) is 0.278. The Hall–Kier alpha value is -1.18. The van der Waals surface area contributed by atoms with Gasteiger partial charge in [0.05, 0.1) is 27.2 Å². The van der Waals surface area contributed by atoms with E-state index in [-0.39, 0.29) is 16.5 Å². The van der Waals surface area contributed by atoms with E-state index < -0.39 is 26.4 Å². The first-order valence-corrected chi connectivity index (χ1v) is 10.5. The van der Waals surface area contributed by atoms with Gasteiger partial charge in [-0.15, -0.1) is 0 Å². The average molecular weight is 430 g/mol. The van der Waals surface area contributed by atoms with E-state index in [0.29, 0.717) is 10.0 Å². The number of hydrogen-bond donors (Lipinski definition) is 1. The highest BCUT2D eigenvalue weighted by atomic mass is 35.5. The van der Waals surface area contributed by atoms with Crippen LogP contribution in [0.15, 0.2) is 53.4 Å². The highest BCUT2D eigenvalue weighted by Crippen LogP contribution is 2.64. The van der Waals surface area contributed by atoms with Gasteiger partial charge < -0.3 is 10.5 Å². The Morgan fingerprint density at radius 2 is 1.85 bits per heavy atom. The van der Waals surface area contributed by atoms with Gasteiger partial charge >= 0.3 is 0 Å². The molecule has 8 heteroatoms. The molecule has 1 aliphatic carbocycles. The Morgan fingerprint density at radius 1 is 1.19 bits per heavy atom. The van der Waals surface area contributed by atoms with Crippen molar-refractivity contribution in [3.63, 3.8) is 0 Å². The van der Waals surface area contributed by atoms with Gasteiger partial charge in [0.2, 0.25) is 0 Å². The van der Waals surface area contributed by atoms with Crippen molar-refractivity contribution in [1.29, 1.82) is 0 Å². The molecule has 0 spiro atoms. The number of hydrogen-bond acceptors (Lipinski definition) is 4. The van der Waals surface area contributed by atoms with Gasteiger partial charge in [0.25, 0.3) is 0 Å². The number of nitrogens with two attached hydrogens (primary N) is 1. The van der Waals surface area contributed by atoms with Crippen molar-refractivity contribution < 1.29 is 13.2 Å². The molecule has 1 aliphatic rings. The Kier molecular flexibility index (Phi) is 5.34. The lowest BCUT2D eigenvalue weighted by molar-refractivity contribution is 0.166. The van der Waals surface area contributed by atoms with Gasteiger partial charge in [0, 0.05) is 23.1 Å². The summed E-state index contributed by atoms with van der Waals surface area (Å²) in [6.45, 7) is 0.108. The standard InChI is InChI=1S/C18H17Cl2NO3S2/c1-24-10-18(17(21)25)15(11-3-2-4-13(20)9-11)16(18)26(22,23)14-7-5-12(19)6-8-14/h2-9,15-16H,10H2,1H3,(H2,21,25)/t15-,16+,18-/m1/s1. The molecule has 2 aromatic rings. The number of thiocarbonyl (C=S) groups is 1.